The highest BCUT2D eigenvalue weighted by atomic mass is 16.5. The number of esters is 1. The molecule has 0 radical (unpaired) electrons. The molecule has 2 atom stereocenters. The van der Waals surface area contributed by atoms with Crippen LogP contribution in [0.25, 0.3) is 0 Å². The van der Waals surface area contributed by atoms with Gasteiger partial charge in [-0.25, -0.2) is 4.79 Å². The largest absolute Gasteiger partial charge is 0.465 e. The predicted molar refractivity (Wildman–Crippen MR) is 70.6 cm³/mol. The molecule has 18 heavy (non-hydrogen) atoms. The number of rotatable bonds is 5. The summed E-state index contributed by atoms with van der Waals surface area (Å²) in [6.45, 7) is 9.69. The predicted octanol–water partition coefficient (Wildman–Crippen LogP) is 0.638. The molecule has 1 aliphatic heterocycles. The molecule has 0 bridgehead atoms. The molecule has 1 saturated heterocycles. The van der Waals surface area contributed by atoms with Gasteiger partial charge in [-0.2, -0.15) is 0 Å². The van der Waals surface area contributed by atoms with Crippen LogP contribution in [0.3, 0.4) is 0 Å². The molecule has 0 amide bonds. The van der Waals surface area contributed by atoms with Gasteiger partial charge < -0.3 is 14.8 Å². The lowest BCUT2D eigenvalue weighted by atomic mass is 9.92. The highest BCUT2D eigenvalue weighted by Gasteiger charge is 2.46. The van der Waals surface area contributed by atoms with Gasteiger partial charge in [-0.3, -0.25) is 4.90 Å². The zero-order valence-electron chi connectivity index (χ0n) is 12.0. The minimum absolute atomic E-state index is 0.193. The molecular weight excluding hydrogens is 232 g/mol. The van der Waals surface area contributed by atoms with Gasteiger partial charge in [-0.05, 0) is 33.7 Å². The minimum Gasteiger partial charge on any atom is -0.465 e. The summed E-state index contributed by atoms with van der Waals surface area (Å²) in [7, 11) is 1.64. The summed E-state index contributed by atoms with van der Waals surface area (Å²) in [5.41, 5.74) is -0.712. The molecular formula is C13H26N2O3. The molecule has 0 aromatic rings. The van der Waals surface area contributed by atoms with Gasteiger partial charge in [0.25, 0.3) is 0 Å². The molecule has 1 rings (SSSR count). The van der Waals surface area contributed by atoms with Gasteiger partial charge in [0, 0.05) is 26.7 Å². The lowest BCUT2D eigenvalue weighted by Gasteiger charge is -2.41. The molecule has 1 N–H and O–H groups in total. The first-order valence-corrected chi connectivity index (χ1v) is 6.73. The van der Waals surface area contributed by atoms with Crippen molar-refractivity contribution in [3.63, 3.8) is 0 Å². The fourth-order valence-electron chi connectivity index (χ4n) is 2.37. The van der Waals surface area contributed by atoms with Crippen LogP contribution in [0, 0.1) is 0 Å². The van der Waals surface area contributed by atoms with E-state index in [0.717, 1.165) is 32.6 Å². The maximum atomic E-state index is 12.3. The normalized spacial score (nSPS) is 22.9. The Morgan fingerprint density at radius 2 is 2.17 bits per heavy atom. The highest BCUT2D eigenvalue weighted by Crippen LogP contribution is 2.24. The molecule has 0 saturated carbocycles. The maximum Gasteiger partial charge on any atom is 0.328 e. The zero-order valence-corrected chi connectivity index (χ0v) is 12.0. The lowest BCUT2D eigenvalue weighted by molar-refractivity contribution is -0.166. The molecule has 1 fully saturated rings. The van der Waals surface area contributed by atoms with Gasteiger partial charge in [0.2, 0.25) is 0 Å². The van der Waals surface area contributed by atoms with Gasteiger partial charge >= 0.3 is 5.97 Å². The van der Waals surface area contributed by atoms with Crippen LogP contribution in [-0.4, -0.2) is 62.4 Å². The topological polar surface area (TPSA) is 50.8 Å². The number of carbonyl (C=O) groups is 1. The van der Waals surface area contributed by atoms with Crippen LogP contribution in [0.4, 0.5) is 0 Å². The van der Waals surface area contributed by atoms with E-state index in [-0.39, 0.29) is 12.1 Å². The first-order valence-electron chi connectivity index (χ1n) is 6.73. The molecule has 106 valence electrons. The second kappa shape index (κ2) is 7.07. The SMILES string of the molecule is CCOC(=O)C(C)(C(C)OC)N1CCCNCC1. The average Bonchev–Trinajstić information content (AvgIpc) is 2.66. The fourth-order valence-corrected chi connectivity index (χ4v) is 2.37. The van der Waals surface area contributed by atoms with Crippen LogP contribution in [0.5, 0.6) is 0 Å². The number of nitrogens with zero attached hydrogens (tertiary/aromatic N) is 1. The molecule has 5 heteroatoms. The van der Waals surface area contributed by atoms with Gasteiger partial charge in [-0.1, -0.05) is 0 Å². The van der Waals surface area contributed by atoms with E-state index in [4.69, 9.17) is 9.47 Å². The van der Waals surface area contributed by atoms with Crippen molar-refractivity contribution in [2.24, 2.45) is 0 Å². The smallest absolute Gasteiger partial charge is 0.328 e. The van der Waals surface area contributed by atoms with Crippen LogP contribution in [0.2, 0.25) is 0 Å². The van der Waals surface area contributed by atoms with E-state index in [1.165, 1.54) is 0 Å². The summed E-state index contributed by atoms with van der Waals surface area (Å²) < 4.78 is 10.7. The Kier molecular flexibility index (Phi) is 6.05. The van der Waals surface area contributed by atoms with Crippen LogP contribution in [0.1, 0.15) is 27.2 Å². The van der Waals surface area contributed by atoms with E-state index in [0.29, 0.717) is 6.61 Å². The Bertz CT molecular complexity index is 265. The Morgan fingerprint density at radius 1 is 1.44 bits per heavy atom. The Hall–Kier alpha value is -0.650. The third kappa shape index (κ3) is 3.22. The van der Waals surface area contributed by atoms with Gasteiger partial charge in [0.05, 0.1) is 12.7 Å². The third-order valence-electron chi connectivity index (χ3n) is 3.83. The molecule has 2 unspecified atom stereocenters. The molecule has 0 aliphatic carbocycles. The summed E-state index contributed by atoms with van der Waals surface area (Å²) in [6, 6.07) is 0. The molecule has 0 spiro atoms. The van der Waals surface area contributed by atoms with Crippen molar-refractivity contribution in [2.75, 3.05) is 39.9 Å². The molecule has 5 nitrogen and oxygen atoms in total. The van der Waals surface area contributed by atoms with E-state index in [1.807, 2.05) is 20.8 Å². The zero-order chi connectivity index (χ0) is 13.6. The summed E-state index contributed by atoms with van der Waals surface area (Å²) in [6.07, 6.45) is 0.834. The van der Waals surface area contributed by atoms with Crippen molar-refractivity contribution in [1.29, 1.82) is 0 Å². The van der Waals surface area contributed by atoms with Crippen LogP contribution < -0.4 is 5.32 Å². The van der Waals surface area contributed by atoms with Crippen LogP contribution >= 0.6 is 0 Å². The van der Waals surface area contributed by atoms with Crippen molar-refractivity contribution in [3.05, 3.63) is 0 Å². The maximum absolute atomic E-state index is 12.3. The van der Waals surface area contributed by atoms with Gasteiger partial charge in [0.1, 0.15) is 5.54 Å². The van der Waals surface area contributed by atoms with E-state index >= 15 is 0 Å². The van der Waals surface area contributed by atoms with E-state index in [2.05, 4.69) is 10.2 Å². The number of methoxy groups -OCH3 is 1. The molecule has 1 heterocycles. The van der Waals surface area contributed by atoms with Crippen molar-refractivity contribution in [2.45, 2.75) is 38.8 Å². The first kappa shape index (κ1) is 15.4. The second-order valence-electron chi connectivity index (χ2n) is 4.84. The van der Waals surface area contributed by atoms with Crippen molar-refractivity contribution < 1.29 is 14.3 Å². The molecule has 0 aromatic carbocycles. The van der Waals surface area contributed by atoms with Crippen molar-refractivity contribution in [1.82, 2.24) is 10.2 Å². The summed E-state index contributed by atoms with van der Waals surface area (Å²) >= 11 is 0. The quantitative estimate of drug-likeness (QED) is 0.733. The highest BCUT2D eigenvalue weighted by molar-refractivity contribution is 5.81. The first-order chi connectivity index (χ1) is 8.57. The molecule has 1 aliphatic rings. The summed E-state index contributed by atoms with van der Waals surface area (Å²) in [4.78, 5) is 14.5. The Morgan fingerprint density at radius 3 is 2.78 bits per heavy atom. The Labute approximate surface area is 110 Å². The number of nitrogens with one attached hydrogen (secondary N) is 1. The van der Waals surface area contributed by atoms with Crippen molar-refractivity contribution in [3.8, 4) is 0 Å². The standard InChI is InChI=1S/C13H26N2O3/c1-5-18-12(16)13(3,11(2)17-4)15-9-6-7-14-8-10-15/h11,14H,5-10H2,1-4H3. The second-order valence-corrected chi connectivity index (χ2v) is 4.84. The fraction of sp³-hybridized carbons (Fsp3) is 0.923. The number of ether oxygens (including phenoxy) is 2. The number of hydrogen-bond acceptors (Lipinski definition) is 5. The average molecular weight is 258 g/mol. The monoisotopic (exact) mass is 258 g/mol. The van der Waals surface area contributed by atoms with Gasteiger partial charge in [-0.15, -0.1) is 0 Å². The van der Waals surface area contributed by atoms with E-state index < -0.39 is 5.54 Å². The van der Waals surface area contributed by atoms with E-state index in [1.54, 1.807) is 7.11 Å². The third-order valence-corrected chi connectivity index (χ3v) is 3.83. The minimum atomic E-state index is -0.712. The van der Waals surface area contributed by atoms with Crippen LogP contribution in [-0.2, 0) is 14.3 Å². The number of carbonyl (C=O) groups excluding carboxylic acids is 1. The molecule has 0 aromatic heterocycles. The number of hydrogen-bond donors (Lipinski definition) is 1. The van der Waals surface area contributed by atoms with E-state index in [9.17, 15) is 4.79 Å². The summed E-state index contributed by atoms with van der Waals surface area (Å²) in [5.74, 6) is -0.193. The lowest BCUT2D eigenvalue weighted by Crippen LogP contribution is -2.61. The van der Waals surface area contributed by atoms with Gasteiger partial charge in [0.15, 0.2) is 0 Å². The Balaban J connectivity index is 2.90. The van der Waals surface area contributed by atoms with Crippen molar-refractivity contribution >= 4 is 5.97 Å². The summed E-state index contributed by atoms with van der Waals surface area (Å²) in [5, 5.41) is 3.34. The van der Waals surface area contributed by atoms with Crippen LogP contribution in [0.15, 0.2) is 0 Å².